The molecular weight excluding hydrogens is 154 g/mol. The molecule has 2 unspecified atom stereocenters. The van der Waals surface area contributed by atoms with Crippen LogP contribution in [0.1, 0.15) is 6.42 Å². The fraction of sp³-hybridized carbons (Fsp3) is 0.444. The number of carbonyl (C=O) groups excluding carboxylic acids is 1. The summed E-state index contributed by atoms with van der Waals surface area (Å²) in [5.41, 5.74) is 0. The third-order valence-corrected chi connectivity index (χ3v) is 2.26. The quantitative estimate of drug-likeness (QED) is 0.547. The standard InChI is InChI=1S/C9H11NO2/c1-12-9(11)10-4-2-7-6-8(7)3-5-10/h2-5,7-8H,6H2,1H3. The Balaban J connectivity index is 2.08. The van der Waals surface area contributed by atoms with Crippen LogP contribution in [0.15, 0.2) is 24.6 Å². The number of methoxy groups -OCH3 is 1. The van der Waals surface area contributed by atoms with E-state index >= 15 is 0 Å². The van der Waals surface area contributed by atoms with Gasteiger partial charge in [-0.25, -0.2) is 4.79 Å². The molecule has 0 spiro atoms. The minimum Gasteiger partial charge on any atom is -0.452 e. The molecule has 1 aliphatic carbocycles. The van der Waals surface area contributed by atoms with Crippen LogP contribution in [-0.2, 0) is 4.74 Å². The molecule has 0 N–H and O–H groups in total. The van der Waals surface area contributed by atoms with Crippen LogP contribution in [0, 0.1) is 11.8 Å². The zero-order chi connectivity index (χ0) is 8.55. The number of carbonyl (C=O) groups is 1. The van der Waals surface area contributed by atoms with E-state index in [2.05, 4.69) is 16.9 Å². The maximum absolute atomic E-state index is 11.0. The van der Waals surface area contributed by atoms with E-state index in [1.165, 1.54) is 18.4 Å². The van der Waals surface area contributed by atoms with Crippen LogP contribution in [-0.4, -0.2) is 18.1 Å². The summed E-state index contributed by atoms with van der Waals surface area (Å²) in [5, 5.41) is 0. The summed E-state index contributed by atoms with van der Waals surface area (Å²) in [6.45, 7) is 0. The van der Waals surface area contributed by atoms with Crippen molar-refractivity contribution in [3.63, 3.8) is 0 Å². The highest BCUT2D eigenvalue weighted by molar-refractivity contribution is 5.70. The number of rotatable bonds is 0. The van der Waals surface area contributed by atoms with E-state index in [9.17, 15) is 4.79 Å². The van der Waals surface area contributed by atoms with Crippen molar-refractivity contribution in [1.82, 2.24) is 4.90 Å². The largest absolute Gasteiger partial charge is 0.452 e. The van der Waals surface area contributed by atoms with Gasteiger partial charge >= 0.3 is 6.09 Å². The van der Waals surface area contributed by atoms with Gasteiger partial charge in [0.1, 0.15) is 0 Å². The molecule has 12 heavy (non-hydrogen) atoms. The average molecular weight is 165 g/mol. The maximum Gasteiger partial charge on any atom is 0.417 e. The van der Waals surface area contributed by atoms with Crippen LogP contribution in [0.25, 0.3) is 0 Å². The van der Waals surface area contributed by atoms with Gasteiger partial charge in [0.15, 0.2) is 0 Å². The molecule has 0 aromatic heterocycles. The highest BCUT2D eigenvalue weighted by Gasteiger charge is 2.34. The second kappa shape index (κ2) is 2.66. The Morgan fingerprint density at radius 2 is 2.00 bits per heavy atom. The molecular formula is C9H11NO2. The molecule has 1 aliphatic heterocycles. The minimum absolute atomic E-state index is 0.330. The molecule has 2 aliphatic rings. The summed E-state index contributed by atoms with van der Waals surface area (Å²) in [6.07, 6.45) is 8.56. The lowest BCUT2D eigenvalue weighted by atomic mass is 10.3. The van der Waals surface area contributed by atoms with Crippen LogP contribution < -0.4 is 0 Å². The highest BCUT2D eigenvalue weighted by atomic mass is 16.5. The number of hydrogen-bond donors (Lipinski definition) is 0. The third kappa shape index (κ3) is 1.22. The zero-order valence-electron chi connectivity index (χ0n) is 6.93. The third-order valence-electron chi connectivity index (χ3n) is 2.26. The van der Waals surface area contributed by atoms with Crippen molar-refractivity contribution < 1.29 is 9.53 Å². The predicted molar refractivity (Wildman–Crippen MR) is 44.1 cm³/mol. The summed E-state index contributed by atoms with van der Waals surface area (Å²) < 4.78 is 4.58. The molecule has 0 aromatic rings. The second-order valence-corrected chi connectivity index (χ2v) is 3.12. The van der Waals surface area contributed by atoms with E-state index in [1.807, 2.05) is 0 Å². The monoisotopic (exact) mass is 165 g/mol. The van der Waals surface area contributed by atoms with Crippen molar-refractivity contribution >= 4 is 6.09 Å². The van der Waals surface area contributed by atoms with Crippen LogP contribution >= 0.6 is 0 Å². The Morgan fingerprint density at radius 1 is 1.42 bits per heavy atom. The molecule has 1 saturated carbocycles. The van der Waals surface area contributed by atoms with E-state index in [1.54, 1.807) is 12.4 Å². The molecule has 0 aromatic carbocycles. The Labute approximate surface area is 71.3 Å². The summed E-state index contributed by atoms with van der Waals surface area (Å²) in [4.78, 5) is 12.5. The molecule has 3 heteroatoms. The number of fused-ring (bicyclic) bond motifs is 1. The molecule has 0 bridgehead atoms. The van der Waals surface area contributed by atoms with E-state index in [4.69, 9.17) is 0 Å². The van der Waals surface area contributed by atoms with Crippen LogP contribution in [0.2, 0.25) is 0 Å². The van der Waals surface area contributed by atoms with Crippen molar-refractivity contribution in [2.24, 2.45) is 11.8 Å². The van der Waals surface area contributed by atoms with E-state index in [-0.39, 0.29) is 6.09 Å². The van der Waals surface area contributed by atoms with Crippen molar-refractivity contribution in [3.8, 4) is 0 Å². The van der Waals surface area contributed by atoms with Crippen LogP contribution in [0.3, 0.4) is 0 Å². The molecule has 2 rings (SSSR count). The normalized spacial score (nSPS) is 30.9. The fourth-order valence-corrected chi connectivity index (χ4v) is 1.36. The minimum atomic E-state index is -0.330. The molecule has 3 nitrogen and oxygen atoms in total. The van der Waals surface area contributed by atoms with Gasteiger partial charge in [-0.2, -0.15) is 0 Å². The topological polar surface area (TPSA) is 29.5 Å². The smallest absolute Gasteiger partial charge is 0.417 e. The van der Waals surface area contributed by atoms with Gasteiger partial charge in [0.25, 0.3) is 0 Å². The van der Waals surface area contributed by atoms with Crippen molar-refractivity contribution in [2.75, 3.05) is 7.11 Å². The number of ether oxygens (including phenoxy) is 1. The lowest BCUT2D eigenvalue weighted by Gasteiger charge is -2.09. The Kier molecular flexibility index (Phi) is 1.64. The van der Waals surface area contributed by atoms with E-state index in [0.717, 1.165) is 0 Å². The molecule has 1 amide bonds. The second-order valence-electron chi connectivity index (χ2n) is 3.12. The lowest BCUT2D eigenvalue weighted by Crippen LogP contribution is -2.19. The van der Waals surface area contributed by atoms with Gasteiger partial charge < -0.3 is 4.74 Å². The average Bonchev–Trinajstić information content (AvgIpc) is 2.80. The van der Waals surface area contributed by atoms with Gasteiger partial charge in [0.2, 0.25) is 0 Å². The van der Waals surface area contributed by atoms with Crippen molar-refractivity contribution in [1.29, 1.82) is 0 Å². The first-order chi connectivity index (χ1) is 5.81. The predicted octanol–water partition coefficient (Wildman–Crippen LogP) is 1.73. The van der Waals surface area contributed by atoms with Gasteiger partial charge in [0.05, 0.1) is 7.11 Å². The van der Waals surface area contributed by atoms with E-state index < -0.39 is 0 Å². The number of amides is 1. The summed E-state index contributed by atoms with van der Waals surface area (Å²) in [5.74, 6) is 1.30. The van der Waals surface area contributed by atoms with Gasteiger partial charge in [-0.1, -0.05) is 12.2 Å². The van der Waals surface area contributed by atoms with Crippen molar-refractivity contribution in [2.45, 2.75) is 6.42 Å². The van der Waals surface area contributed by atoms with Gasteiger partial charge in [-0.15, -0.1) is 0 Å². The molecule has 2 atom stereocenters. The molecule has 1 fully saturated rings. The molecule has 64 valence electrons. The molecule has 0 radical (unpaired) electrons. The number of nitrogens with zero attached hydrogens (tertiary/aromatic N) is 1. The molecule has 0 saturated heterocycles. The first-order valence-electron chi connectivity index (χ1n) is 4.04. The van der Waals surface area contributed by atoms with Crippen LogP contribution in [0.5, 0.6) is 0 Å². The van der Waals surface area contributed by atoms with Crippen LogP contribution in [0.4, 0.5) is 4.79 Å². The first-order valence-corrected chi connectivity index (χ1v) is 4.04. The molecule has 1 heterocycles. The van der Waals surface area contributed by atoms with Gasteiger partial charge in [-0.05, 0) is 18.3 Å². The number of allylic oxidation sites excluding steroid dienone is 2. The van der Waals surface area contributed by atoms with Gasteiger partial charge in [0, 0.05) is 12.4 Å². The highest BCUT2D eigenvalue weighted by Crippen LogP contribution is 2.42. The zero-order valence-corrected chi connectivity index (χ0v) is 6.93. The van der Waals surface area contributed by atoms with Crippen molar-refractivity contribution in [3.05, 3.63) is 24.6 Å². The maximum atomic E-state index is 11.0. The first kappa shape index (κ1) is 7.40. The SMILES string of the molecule is COC(=O)N1C=CC2CC2C=C1. The summed E-state index contributed by atoms with van der Waals surface area (Å²) >= 11 is 0. The fourth-order valence-electron chi connectivity index (χ4n) is 1.36. The lowest BCUT2D eigenvalue weighted by molar-refractivity contribution is 0.151. The van der Waals surface area contributed by atoms with E-state index in [0.29, 0.717) is 11.8 Å². The Bertz CT molecular complexity index is 239. The summed E-state index contributed by atoms with van der Waals surface area (Å²) in [6, 6.07) is 0. The number of hydrogen-bond acceptors (Lipinski definition) is 2. The Hall–Kier alpha value is -1.25. The van der Waals surface area contributed by atoms with Gasteiger partial charge in [-0.3, -0.25) is 4.90 Å². The Morgan fingerprint density at radius 3 is 2.50 bits per heavy atom. The summed E-state index contributed by atoms with van der Waals surface area (Å²) in [7, 11) is 1.38.